The molecule has 0 saturated heterocycles. The van der Waals surface area contributed by atoms with E-state index in [1.54, 1.807) is 12.0 Å². The molecule has 1 aromatic carbocycles. The molecule has 0 saturated carbocycles. The number of hydrogen-bond acceptors (Lipinski definition) is 3. The van der Waals surface area contributed by atoms with E-state index >= 15 is 0 Å². The Bertz CT molecular complexity index is 552. The van der Waals surface area contributed by atoms with E-state index in [-0.39, 0.29) is 24.3 Å². The van der Waals surface area contributed by atoms with Gasteiger partial charge in [0.15, 0.2) is 0 Å². The minimum atomic E-state index is -0.356. The van der Waals surface area contributed by atoms with Crippen LogP contribution in [0.3, 0.4) is 0 Å². The number of methoxy groups -OCH3 is 1. The van der Waals surface area contributed by atoms with Crippen molar-refractivity contribution >= 4 is 11.8 Å². The maximum absolute atomic E-state index is 12.5. The van der Waals surface area contributed by atoms with Crippen molar-refractivity contribution in [3.8, 4) is 5.75 Å². The normalized spacial score (nSPS) is 11.5. The second-order valence-corrected chi connectivity index (χ2v) is 5.60. The van der Waals surface area contributed by atoms with Crippen LogP contribution >= 0.6 is 0 Å². The zero-order valence-electron chi connectivity index (χ0n) is 14.4. The zero-order chi connectivity index (χ0) is 17.4. The summed E-state index contributed by atoms with van der Waals surface area (Å²) in [6, 6.07) is 7.01. The Morgan fingerprint density at radius 1 is 1.26 bits per heavy atom. The van der Waals surface area contributed by atoms with Crippen molar-refractivity contribution in [2.75, 3.05) is 20.2 Å². The highest BCUT2D eigenvalue weighted by Crippen LogP contribution is 2.21. The minimum absolute atomic E-state index is 0.00920. The van der Waals surface area contributed by atoms with Gasteiger partial charge in [-0.3, -0.25) is 9.59 Å². The molecular weight excluding hydrogens is 292 g/mol. The van der Waals surface area contributed by atoms with Crippen LogP contribution in [0.2, 0.25) is 0 Å². The monoisotopic (exact) mass is 318 g/mol. The largest absolute Gasteiger partial charge is 0.497 e. The van der Waals surface area contributed by atoms with Gasteiger partial charge in [-0.15, -0.1) is 0 Å². The molecule has 1 atom stereocenters. The predicted octanol–water partition coefficient (Wildman–Crippen LogP) is 2.69. The second kappa shape index (κ2) is 8.98. The molecule has 0 fully saturated rings. The maximum atomic E-state index is 12.5. The lowest BCUT2D eigenvalue weighted by atomic mass is 10.0. The lowest BCUT2D eigenvalue weighted by molar-refractivity contribution is -0.131. The summed E-state index contributed by atoms with van der Waals surface area (Å²) < 4.78 is 5.14. The highest BCUT2D eigenvalue weighted by molar-refractivity contribution is 5.79. The number of likely N-dealkylation sites (N-methyl/N-ethyl adjacent to an activating group) is 1. The molecule has 1 aromatic rings. The smallest absolute Gasteiger partial charge is 0.225 e. The van der Waals surface area contributed by atoms with Gasteiger partial charge in [0.05, 0.1) is 19.6 Å². The van der Waals surface area contributed by atoms with E-state index in [1.165, 1.54) is 6.92 Å². The average Bonchev–Trinajstić information content (AvgIpc) is 2.51. The molecule has 2 amide bonds. The first-order valence-corrected chi connectivity index (χ1v) is 7.70. The van der Waals surface area contributed by atoms with Crippen LogP contribution in [0.4, 0.5) is 0 Å². The predicted molar refractivity (Wildman–Crippen MR) is 91.2 cm³/mol. The van der Waals surface area contributed by atoms with E-state index in [0.717, 1.165) is 16.9 Å². The van der Waals surface area contributed by atoms with Gasteiger partial charge in [0.25, 0.3) is 0 Å². The molecule has 0 spiro atoms. The van der Waals surface area contributed by atoms with Gasteiger partial charge in [0.2, 0.25) is 11.8 Å². The van der Waals surface area contributed by atoms with E-state index in [9.17, 15) is 9.59 Å². The van der Waals surface area contributed by atoms with Crippen molar-refractivity contribution in [2.45, 2.75) is 33.2 Å². The third kappa shape index (κ3) is 6.14. The van der Waals surface area contributed by atoms with Crippen molar-refractivity contribution in [1.82, 2.24) is 10.2 Å². The van der Waals surface area contributed by atoms with E-state index in [1.807, 2.05) is 38.1 Å². The van der Waals surface area contributed by atoms with E-state index < -0.39 is 0 Å². The van der Waals surface area contributed by atoms with Crippen molar-refractivity contribution in [3.63, 3.8) is 0 Å². The number of nitrogens with zero attached hydrogens (tertiary/aromatic N) is 1. The first-order chi connectivity index (χ1) is 10.9. The van der Waals surface area contributed by atoms with Gasteiger partial charge in [0, 0.05) is 20.0 Å². The summed E-state index contributed by atoms with van der Waals surface area (Å²) in [6.07, 6.45) is 0.215. The number of carbonyl (C=O) groups is 2. The maximum Gasteiger partial charge on any atom is 0.225 e. The Kier molecular flexibility index (Phi) is 7.32. The Hall–Kier alpha value is -2.30. The quantitative estimate of drug-likeness (QED) is 0.750. The number of benzene rings is 1. The number of ether oxygens (including phenoxy) is 1. The number of amides is 2. The van der Waals surface area contributed by atoms with Gasteiger partial charge < -0.3 is 15.0 Å². The first-order valence-electron chi connectivity index (χ1n) is 7.70. The van der Waals surface area contributed by atoms with Gasteiger partial charge in [-0.2, -0.15) is 0 Å². The van der Waals surface area contributed by atoms with E-state index in [2.05, 4.69) is 11.9 Å². The van der Waals surface area contributed by atoms with E-state index in [0.29, 0.717) is 13.1 Å². The first kappa shape index (κ1) is 18.7. The standard InChI is InChI=1S/C18H26N2O3/c1-6-20(12-13(2)3)18(22)11-17(19-14(4)21)15-7-9-16(23-5)10-8-15/h7-10,17H,2,6,11-12H2,1,3-5H3,(H,19,21). The van der Waals surface area contributed by atoms with Crippen molar-refractivity contribution in [3.05, 3.63) is 42.0 Å². The molecule has 5 heteroatoms. The minimum Gasteiger partial charge on any atom is -0.497 e. The van der Waals surface area contributed by atoms with Crippen LogP contribution in [0.15, 0.2) is 36.4 Å². The summed E-state index contributed by atoms with van der Waals surface area (Å²) >= 11 is 0. The van der Waals surface area contributed by atoms with Gasteiger partial charge in [-0.1, -0.05) is 24.3 Å². The average molecular weight is 318 g/mol. The fraction of sp³-hybridized carbons (Fsp3) is 0.444. The topological polar surface area (TPSA) is 58.6 Å². The van der Waals surface area contributed by atoms with Crippen LogP contribution in [0, 0.1) is 0 Å². The number of nitrogens with one attached hydrogen (secondary N) is 1. The molecule has 0 aromatic heterocycles. The molecule has 1 unspecified atom stereocenters. The lowest BCUT2D eigenvalue weighted by Crippen LogP contribution is -2.36. The molecule has 0 aliphatic rings. The SMILES string of the molecule is C=C(C)CN(CC)C(=O)CC(NC(C)=O)c1ccc(OC)cc1. The third-order valence-corrected chi connectivity index (χ3v) is 3.47. The summed E-state index contributed by atoms with van der Waals surface area (Å²) in [4.78, 5) is 25.7. The lowest BCUT2D eigenvalue weighted by Gasteiger charge is -2.25. The van der Waals surface area contributed by atoms with Crippen LogP contribution in [0.1, 0.15) is 38.8 Å². The molecular formula is C18H26N2O3. The molecule has 0 aliphatic carbocycles. The zero-order valence-corrected chi connectivity index (χ0v) is 14.4. The van der Waals surface area contributed by atoms with Crippen LogP contribution < -0.4 is 10.1 Å². The molecule has 1 rings (SSSR count). The van der Waals surface area contributed by atoms with Crippen LogP contribution in [-0.2, 0) is 9.59 Å². The molecule has 0 heterocycles. The third-order valence-electron chi connectivity index (χ3n) is 3.47. The molecule has 126 valence electrons. The highest BCUT2D eigenvalue weighted by atomic mass is 16.5. The van der Waals surface area contributed by atoms with Crippen molar-refractivity contribution in [1.29, 1.82) is 0 Å². The van der Waals surface area contributed by atoms with E-state index in [4.69, 9.17) is 4.74 Å². The number of hydrogen-bond donors (Lipinski definition) is 1. The van der Waals surface area contributed by atoms with Crippen molar-refractivity contribution in [2.24, 2.45) is 0 Å². The van der Waals surface area contributed by atoms with Gasteiger partial charge >= 0.3 is 0 Å². The molecule has 0 bridgehead atoms. The Balaban J connectivity index is 2.90. The second-order valence-electron chi connectivity index (χ2n) is 5.60. The van der Waals surface area contributed by atoms with Crippen LogP contribution in [0.25, 0.3) is 0 Å². The van der Waals surface area contributed by atoms with Gasteiger partial charge in [0.1, 0.15) is 5.75 Å². The highest BCUT2D eigenvalue weighted by Gasteiger charge is 2.20. The number of carbonyl (C=O) groups excluding carboxylic acids is 2. The summed E-state index contributed by atoms with van der Waals surface area (Å²) in [5.41, 5.74) is 1.81. The molecule has 0 radical (unpaired) electrons. The van der Waals surface area contributed by atoms with Crippen molar-refractivity contribution < 1.29 is 14.3 Å². The Morgan fingerprint density at radius 3 is 2.30 bits per heavy atom. The molecule has 5 nitrogen and oxygen atoms in total. The summed E-state index contributed by atoms with van der Waals surface area (Å²) in [7, 11) is 1.60. The Morgan fingerprint density at radius 2 is 1.87 bits per heavy atom. The van der Waals surface area contributed by atoms with Gasteiger partial charge in [-0.05, 0) is 31.5 Å². The fourth-order valence-corrected chi connectivity index (χ4v) is 2.34. The molecule has 23 heavy (non-hydrogen) atoms. The fourth-order valence-electron chi connectivity index (χ4n) is 2.34. The Labute approximate surface area is 138 Å². The summed E-state index contributed by atoms with van der Waals surface area (Å²) in [5.74, 6) is 0.561. The van der Waals surface area contributed by atoms with Crippen LogP contribution in [0.5, 0.6) is 5.75 Å². The molecule has 1 N–H and O–H groups in total. The number of rotatable bonds is 8. The molecule has 0 aliphatic heterocycles. The summed E-state index contributed by atoms with van der Waals surface area (Å²) in [6.45, 7) is 10.3. The summed E-state index contributed by atoms with van der Waals surface area (Å²) in [5, 5.41) is 2.85. The van der Waals surface area contributed by atoms with Crippen LogP contribution in [-0.4, -0.2) is 36.9 Å². The van der Waals surface area contributed by atoms with Gasteiger partial charge in [-0.25, -0.2) is 0 Å².